The molecule has 5 fully saturated rings. The fourth-order valence-electron chi connectivity index (χ4n) is 14.1. The third-order valence-corrected chi connectivity index (χ3v) is 20.3. The highest BCUT2D eigenvalue weighted by molar-refractivity contribution is 5.77. The lowest BCUT2D eigenvalue weighted by atomic mass is 9.88. The summed E-state index contributed by atoms with van der Waals surface area (Å²) in [5.74, 6) is -7.81. The van der Waals surface area contributed by atoms with E-state index in [-0.39, 0.29) is 19.0 Å². The molecular weight excluding hydrogens is 1430 g/mol. The maximum Gasteiger partial charge on any atom is 0.364 e. The fourth-order valence-corrected chi connectivity index (χ4v) is 14.1. The molecule has 0 aromatic carbocycles. The topological polar surface area (TPSA) is 576 Å². The van der Waals surface area contributed by atoms with E-state index in [9.17, 15) is 106 Å². The van der Waals surface area contributed by atoms with E-state index >= 15 is 0 Å². The lowest BCUT2D eigenvalue weighted by molar-refractivity contribution is -0.403. The zero-order valence-electron chi connectivity index (χ0n) is 67.8. The van der Waals surface area contributed by atoms with Gasteiger partial charge in [-0.15, -0.1) is 0 Å². The quantitative estimate of drug-likeness (QED) is 0.0260. The second kappa shape index (κ2) is 51.4. The van der Waals surface area contributed by atoms with Gasteiger partial charge in [-0.3, -0.25) is 14.4 Å². The third-order valence-electron chi connectivity index (χ3n) is 20.3. The van der Waals surface area contributed by atoms with E-state index in [1.54, 1.807) is 6.08 Å². The first-order valence-corrected chi connectivity index (χ1v) is 38.5. The van der Waals surface area contributed by atoms with E-state index in [1.165, 1.54) is 44.6 Å². The van der Waals surface area contributed by atoms with Gasteiger partial charge in [0.2, 0.25) is 17.7 Å². The second-order valence-corrected chi connectivity index (χ2v) is 28.8. The van der Waals surface area contributed by atoms with Crippen molar-refractivity contribution in [2.75, 3.05) is 39.6 Å². The van der Waals surface area contributed by atoms with Gasteiger partial charge in [-0.2, -0.15) is 0 Å². The van der Waals surface area contributed by atoms with Gasteiger partial charge in [-0.25, -0.2) is 4.79 Å². The number of ether oxygens (including phenoxy) is 10. The molecule has 0 bridgehead atoms. The van der Waals surface area contributed by atoms with Crippen LogP contribution in [-0.2, 0) is 66.5 Å². The first kappa shape index (κ1) is 88.5. The highest BCUT2D eigenvalue weighted by Crippen LogP contribution is 2.41. The first-order chi connectivity index (χ1) is 53.2. The van der Waals surface area contributed by atoms with Crippen LogP contribution in [0.25, 0.3) is 0 Å². The Labute approximate surface area is 640 Å². The van der Waals surface area contributed by atoms with E-state index in [0.29, 0.717) is 19.3 Å². The van der Waals surface area contributed by atoms with Crippen LogP contribution in [0.3, 0.4) is 0 Å². The molecule has 3 amide bonds. The SMILES string of the molecule is N.[2H]C([2H])([2H])C([2H])([2H])CCCCCCCCCCCCCCCC(=O)N[C@@H](CO[C@@H]1O[C@H](CO)[C@@H](O[C@@H]2O[C@H](CO)[C@H](O[C@@H]3O[C@H](CO)[C@H](O)[C@H](O[C@@H]4O[C@H](CO)[C@H](O)[C@H](O)[C@H]4O)[C@H]3NC(C)=O)[C@H](O[C@]3(C(=O)O)C[C@H](O)[C@@H](NC(C)=O)[C@H]([C@H](O)[C@H](O)CO)O3)[C@H]2O)[C@H](O)[C@H]1O)[C@H](O)/C=C/CCCCCCCCCCCCC. The van der Waals surface area contributed by atoms with Crippen LogP contribution in [0.1, 0.15) is 221 Å². The highest BCUT2D eigenvalue weighted by Gasteiger charge is 2.62. The summed E-state index contributed by atoms with van der Waals surface area (Å²) in [5.41, 5.74) is 0. The Morgan fingerprint density at radius 3 is 1.54 bits per heavy atom. The van der Waals surface area contributed by atoms with Crippen LogP contribution in [0.5, 0.6) is 0 Å². The monoisotopic (exact) mass is 1570 g/mol. The van der Waals surface area contributed by atoms with Gasteiger partial charge in [0, 0.05) is 33.5 Å². The summed E-state index contributed by atoms with van der Waals surface area (Å²) in [6.45, 7) is -4.67. The van der Waals surface area contributed by atoms with Crippen molar-refractivity contribution < 1.29 is 160 Å². The van der Waals surface area contributed by atoms with Gasteiger partial charge in [0.15, 0.2) is 25.2 Å². The summed E-state index contributed by atoms with van der Waals surface area (Å²) >= 11 is 0. The lowest BCUT2D eigenvalue weighted by Crippen LogP contribution is -2.72. The van der Waals surface area contributed by atoms with Gasteiger partial charge in [0.05, 0.1) is 63.9 Å². The van der Waals surface area contributed by atoms with Gasteiger partial charge in [0.25, 0.3) is 5.79 Å². The smallest absolute Gasteiger partial charge is 0.364 e. The van der Waals surface area contributed by atoms with E-state index in [0.717, 1.165) is 117 Å². The number of allylic oxidation sites excluding steroid dienone is 1. The minimum atomic E-state index is -3.40. The number of unbranched alkanes of at least 4 members (excludes halogenated alkanes) is 23. The number of nitrogens with one attached hydrogen (secondary N) is 3. The van der Waals surface area contributed by atoms with Crippen LogP contribution in [0.15, 0.2) is 12.2 Å². The Bertz CT molecular complexity index is 2720. The normalized spacial score (nSPS) is 35.2. The van der Waals surface area contributed by atoms with Crippen LogP contribution in [0, 0.1) is 0 Å². The van der Waals surface area contributed by atoms with Crippen LogP contribution in [-0.4, -0.2) is 321 Å². The van der Waals surface area contributed by atoms with Crippen molar-refractivity contribution in [3.05, 3.63) is 12.2 Å². The van der Waals surface area contributed by atoms with E-state index in [1.807, 2.05) is 0 Å². The van der Waals surface area contributed by atoms with Crippen LogP contribution < -0.4 is 22.1 Å². The third kappa shape index (κ3) is 29.7. The predicted molar refractivity (Wildman–Crippen MR) is 383 cm³/mol. The molecule has 0 aromatic heterocycles. The molecule has 5 aliphatic heterocycles. The Morgan fingerprint density at radius 2 is 1.00 bits per heavy atom. The number of carbonyl (C=O) groups excluding carboxylic acids is 3. The molecule has 5 aliphatic rings. The maximum atomic E-state index is 13.8. The molecule has 5 heterocycles. The predicted octanol–water partition coefficient (Wildman–Crippen LogP) is -0.880. The van der Waals surface area contributed by atoms with Gasteiger partial charge < -0.3 is 156 Å². The number of carboxylic acid groups (broad SMARTS) is 1. The summed E-state index contributed by atoms with van der Waals surface area (Å²) in [6.07, 6.45) is -25.3. The first-order valence-electron chi connectivity index (χ1n) is 41.0. The number of aliphatic hydroxyl groups excluding tert-OH is 16. The van der Waals surface area contributed by atoms with Gasteiger partial charge >= 0.3 is 5.97 Å². The molecule has 23 N–H and O–H groups in total. The molecule has 0 spiro atoms. The standard InChI is InChI=1S/C73H131N3O31.H3N/c1-5-7-9-11-13-15-17-19-20-22-24-26-28-30-32-34-52(87)76-44(45(84)33-31-29-27-25-23-21-18-16-14-12-10-8-6-2)41-98-69-61(94)59(92)63(50(39-80)101-69)103-71-62(95)67(107-73(72(96)97)35-46(85)53(74-42(3)82)66(106-73)55(88)47(86)36-77)64(51(40-81)102-71)104-68-54(75-43(4)83)65(57(90)49(38-79)99-68)105-70-60(93)58(91)56(89)48(37-78)100-70;/h31,33,44-51,53-71,77-81,84-86,88-95H,5-30,32,34-41H2,1-4H3,(H,74,82)(H,75,83)(H,76,87)(H,96,97);1H3/b33-31+;/t44-,45+,46-,47+,48+,49+,50+,51+,53+,54+,55+,56-,57-,58-,59+,60+,61+,62+,63+,64-,65+,66+,67+,68-,69+,70-,71-,73-;/m0./s1/i1D3,5D2;. The average molecular weight is 1570 g/mol. The van der Waals surface area contributed by atoms with Gasteiger partial charge in [0.1, 0.15) is 116 Å². The Morgan fingerprint density at radius 1 is 0.537 bits per heavy atom. The molecular formula is C73H134N4O31. The summed E-state index contributed by atoms with van der Waals surface area (Å²) in [4.78, 5) is 53.0. The Hall–Kier alpha value is -3.46. The van der Waals surface area contributed by atoms with Crippen molar-refractivity contribution in [2.24, 2.45) is 0 Å². The molecule has 632 valence electrons. The number of aliphatic carboxylic acids is 1. The lowest BCUT2D eigenvalue weighted by Gasteiger charge is -2.52. The molecule has 35 nitrogen and oxygen atoms in total. The molecule has 0 unspecified atom stereocenters. The molecule has 0 radical (unpaired) electrons. The number of carbonyl (C=O) groups is 4. The number of amides is 3. The molecule has 28 atom stereocenters. The number of rotatable bonds is 52. The molecule has 0 aliphatic carbocycles. The van der Waals surface area contributed by atoms with Gasteiger partial charge in [-0.05, 0) is 19.3 Å². The van der Waals surface area contributed by atoms with Crippen LogP contribution >= 0.6 is 0 Å². The molecule has 5 saturated heterocycles. The summed E-state index contributed by atoms with van der Waals surface area (Å²) < 4.78 is 97.7. The zero-order chi connectivity index (χ0) is 83.0. The molecule has 108 heavy (non-hydrogen) atoms. The summed E-state index contributed by atoms with van der Waals surface area (Å²) in [5, 5.41) is 197. The van der Waals surface area contributed by atoms with Gasteiger partial charge in [-0.1, -0.05) is 180 Å². The molecule has 0 saturated carbocycles. The largest absolute Gasteiger partial charge is 0.477 e. The number of hydrogen-bond donors (Lipinski definition) is 21. The number of hydrogen-bond acceptors (Lipinski definition) is 31. The van der Waals surface area contributed by atoms with Crippen LogP contribution in [0.2, 0.25) is 0 Å². The number of carboxylic acids is 1. The highest BCUT2D eigenvalue weighted by atomic mass is 16.8. The van der Waals surface area contributed by atoms with E-state index < -0.39 is 254 Å². The maximum absolute atomic E-state index is 13.8. The molecule has 0 aromatic rings. The Balaban J connectivity index is 0.0000269. The Kier molecular flexibility index (Phi) is 42.1. The van der Waals surface area contributed by atoms with Crippen LogP contribution in [0.4, 0.5) is 0 Å². The minimum absolute atomic E-state index is 0. The fraction of sp³-hybridized carbons (Fsp3) is 0.918. The van der Waals surface area contributed by atoms with Crippen molar-refractivity contribution >= 4 is 23.7 Å². The zero-order valence-corrected chi connectivity index (χ0v) is 62.8. The average Bonchev–Trinajstić information content (AvgIpc) is 0.748. The second-order valence-electron chi connectivity index (χ2n) is 28.8. The van der Waals surface area contributed by atoms with Crippen molar-refractivity contribution in [3.63, 3.8) is 0 Å². The van der Waals surface area contributed by atoms with Crippen molar-refractivity contribution in [2.45, 2.75) is 385 Å². The molecule has 35 heteroatoms. The summed E-state index contributed by atoms with van der Waals surface area (Å²) in [7, 11) is 0. The van der Waals surface area contributed by atoms with E-state index in [4.69, 9.17) is 54.2 Å². The van der Waals surface area contributed by atoms with E-state index in [2.05, 4.69) is 22.9 Å². The number of aliphatic hydroxyl groups is 16. The molecule has 5 rings (SSSR count). The van der Waals surface area contributed by atoms with Crippen molar-refractivity contribution in [1.29, 1.82) is 0 Å². The minimum Gasteiger partial charge on any atom is -0.477 e. The summed E-state index contributed by atoms with van der Waals surface area (Å²) in [6, 6.07) is -4.87. The van der Waals surface area contributed by atoms with Crippen molar-refractivity contribution in [1.82, 2.24) is 22.1 Å². The van der Waals surface area contributed by atoms with Crippen molar-refractivity contribution in [3.8, 4) is 0 Å².